The maximum atomic E-state index is 13.1. The Kier molecular flexibility index (Phi) is 3.73. The fourth-order valence-electron chi connectivity index (χ4n) is 2.18. The minimum atomic E-state index is -0.717. The largest absolute Gasteiger partial charge is 0.303 e. The van der Waals surface area contributed by atoms with Gasteiger partial charge in [0.15, 0.2) is 5.78 Å². The van der Waals surface area contributed by atoms with Crippen LogP contribution in [0.5, 0.6) is 0 Å². The van der Waals surface area contributed by atoms with E-state index in [1.807, 2.05) is 23.9 Å². The van der Waals surface area contributed by atoms with Crippen LogP contribution in [-0.4, -0.2) is 55.4 Å². The molecule has 0 spiro atoms. The number of carbonyl (C=O) groups is 1. The van der Waals surface area contributed by atoms with Gasteiger partial charge in [0.1, 0.15) is 11.6 Å². The van der Waals surface area contributed by atoms with Crippen LogP contribution in [0.1, 0.15) is 10.4 Å². The van der Waals surface area contributed by atoms with E-state index in [1.54, 1.807) is 0 Å². The van der Waals surface area contributed by atoms with Gasteiger partial charge >= 0.3 is 0 Å². The lowest BCUT2D eigenvalue weighted by Gasteiger charge is -2.36. The molecule has 1 aromatic rings. The first kappa shape index (κ1) is 13.1. The number of carbonyl (C=O) groups excluding carboxylic acids is 1. The van der Waals surface area contributed by atoms with Crippen molar-refractivity contribution in [2.45, 2.75) is 6.04 Å². The van der Waals surface area contributed by atoms with Crippen LogP contribution in [0.3, 0.4) is 0 Å². The number of piperazine rings is 1. The van der Waals surface area contributed by atoms with Gasteiger partial charge in [-0.25, -0.2) is 8.78 Å². The Hall–Kier alpha value is -1.33. The monoisotopic (exact) mass is 254 g/mol. The van der Waals surface area contributed by atoms with Crippen LogP contribution in [0.4, 0.5) is 8.78 Å². The summed E-state index contributed by atoms with van der Waals surface area (Å²) >= 11 is 0. The molecule has 1 aliphatic heterocycles. The molecule has 1 heterocycles. The normalized spacial score (nSPS) is 22.1. The highest BCUT2D eigenvalue weighted by atomic mass is 19.1. The maximum absolute atomic E-state index is 13.1. The van der Waals surface area contributed by atoms with Crippen molar-refractivity contribution in [2.75, 3.05) is 33.7 Å². The first-order valence-corrected chi connectivity index (χ1v) is 5.86. The van der Waals surface area contributed by atoms with Gasteiger partial charge in [-0.05, 0) is 26.2 Å². The van der Waals surface area contributed by atoms with E-state index in [1.165, 1.54) is 0 Å². The van der Waals surface area contributed by atoms with Crippen LogP contribution in [0.25, 0.3) is 0 Å². The summed E-state index contributed by atoms with van der Waals surface area (Å²) in [5.41, 5.74) is 0.0969. The van der Waals surface area contributed by atoms with Crippen LogP contribution in [0, 0.1) is 11.6 Å². The summed E-state index contributed by atoms with van der Waals surface area (Å²) < 4.78 is 26.2. The molecule has 1 fully saturated rings. The molecule has 0 aliphatic carbocycles. The van der Waals surface area contributed by atoms with E-state index < -0.39 is 11.6 Å². The summed E-state index contributed by atoms with van der Waals surface area (Å²) in [5.74, 6) is -1.67. The van der Waals surface area contributed by atoms with Crippen LogP contribution in [0.15, 0.2) is 18.2 Å². The third-order valence-corrected chi connectivity index (χ3v) is 3.30. The fraction of sp³-hybridized carbons (Fsp3) is 0.462. The van der Waals surface area contributed by atoms with Gasteiger partial charge in [0.05, 0.1) is 6.04 Å². The zero-order valence-electron chi connectivity index (χ0n) is 10.5. The van der Waals surface area contributed by atoms with Gasteiger partial charge in [-0.15, -0.1) is 0 Å². The molecule has 18 heavy (non-hydrogen) atoms. The first-order chi connectivity index (χ1) is 8.47. The van der Waals surface area contributed by atoms with Gasteiger partial charge in [-0.2, -0.15) is 0 Å². The summed E-state index contributed by atoms with van der Waals surface area (Å²) in [6.07, 6.45) is 0. The third kappa shape index (κ3) is 2.73. The molecular formula is C13H16F2N2O. The lowest BCUT2D eigenvalue weighted by Crippen LogP contribution is -2.53. The molecule has 5 heteroatoms. The summed E-state index contributed by atoms with van der Waals surface area (Å²) in [4.78, 5) is 16.2. The minimum Gasteiger partial charge on any atom is -0.303 e. The average Bonchev–Trinajstić information content (AvgIpc) is 2.30. The number of nitrogens with zero attached hydrogens (tertiary/aromatic N) is 2. The molecule has 1 aliphatic rings. The molecule has 1 saturated heterocycles. The van der Waals surface area contributed by atoms with E-state index in [4.69, 9.17) is 0 Å². The molecule has 0 radical (unpaired) electrons. The van der Waals surface area contributed by atoms with Gasteiger partial charge in [0, 0.05) is 31.3 Å². The molecule has 2 rings (SSSR count). The molecule has 98 valence electrons. The standard InChI is InChI=1S/C13H16F2N2O/c1-16-3-4-17(2)12(8-16)13(18)9-5-10(14)7-11(15)6-9/h5-7,12H,3-4,8H2,1-2H3. The topological polar surface area (TPSA) is 23.6 Å². The number of halogens is 2. The second-order valence-corrected chi connectivity index (χ2v) is 4.78. The number of Topliss-reactive ketones (excluding diaryl/α,β-unsaturated/α-hetero) is 1. The number of benzene rings is 1. The van der Waals surface area contributed by atoms with E-state index in [0.717, 1.165) is 31.3 Å². The van der Waals surface area contributed by atoms with Crippen LogP contribution in [-0.2, 0) is 0 Å². The van der Waals surface area contributed by atoms with Crippen molar-refractivity contribution in [1.82, 2.24) is 9.80 Å². The molecule has 0 amide bonds. The Bertz CT molecular complexity index is 444. The maximum Gasteiger partial charge on any atom is 0.181 e. The Morgan fingerprint density at radius 2 is 1.78 bits per heavy atom. The summed E-state index contributed by atoms with van der Waals surface area (Å²) in [5, 5.41) is 0. The van der Waals surface area contributed by atoms with Crippen molar-refractivity contribution in [2.24, 2.45) is 0 Å². The van der Waals surface area contributed by atoms with Gasteiger partial charge in [0.25, 0.3) is 0 Å². The smallest absolute Gasteiger partial charge is 0.181 e. The molecule has 1 unspecified atom stereocenters. The van der Waals surface area contributed by atoms with Crippen molar-refractivity contribution in [3.8, 4) is 0 Å². The number of likely N-dealkylation sites (N-methyl/N-ethyl adjacent to an activating group) is 2. The molecule has 1 aromatic carbocycles. The van der Waals surface area contributed by atoms with Crippen molar-refractivity contribution in [3.05, 3.63) is 35.4 Å². The van der Waals surface area contributed by atoms with E-state index in [2.05, 4.69) is 0 Å². The summed E-state index contributed by atoms with van der Waals surface area (Å²) in [6, 6.07) is 2.61. The number of hydrogen-bond donors (Lipinski definition) is 0. The van der Waals surface area contributed by atoms with Crippen molar-refractivity contribution in [1.29, 1.82) is 0 Å². The highest BCUT2D eigenvalue weighted by Crippen LogP contribution is 2.15. The Morgan fingerprint density at radius 3 is 2.39 bits per heavy atom. The van der Waals surface area contributed by atoms with Gasteiger partial charge in [0.2, 0.25) is 0 Å². The molecule has 0 saturated carbocycles. The third-order valence-electron chi connectivity index (χ3n) is 3.30. The molecule has 1 atom stereocenters. The quantitative estimate of drug-likeness (QED) is 0.745. The molecular weight excluding hydrogens is 238 g/mol. The average molecular weight is 254 g/mol. The summed E-state index contributed by atoms with van der Waals surface area (Å²) in [6.45, 7) is 2.23. The van der Waals surface area contributed by atoms with Crippen LogP contribution in [0.2, 0.25) is 0 Å². The fourth-order valence-corrected chi connectivity index (χ4v) is 2.18. The van der Waals surface area contributed by atoms with Crippen molar-refractivity contribution < 1.29 is 13.6 Å². The van der Waals surface area contributed by atoms with E-state index in [9.17, 15) is 13.6 Å². The highest BCUT2D eigenvalue weighted by molar-refractivity contribution is 6.00. The Labute approximate surface area is 105 Å². The predicted octanol–water partition coefficient (Wildman–Crippen LogP) is 1.39. The lowest BCUT2D eigenvalue weighted by molar-refractivity contribution is 0.0685. The Morgan fingerprint density at radius 1 is 1.17 bits per heavy atom. The van der Waals surface area contributed by atoms with E-state index >= 15 is 0 Å². The van der Waals surface area contributed by atoms with Crippen LogP contribution >= 0.6 is 0 Å². The second-order valence-electron chi connectivity index (χ2n) is 4.78. The molecule has 3 nitrogen and oxygen atoms in total. The number of hydrogen-bond acceptors (Lipinski definition) is 3. The molecule has 0 aromatic heterocycles. The second kappa shape index (κ2) is 5.12. The minimum absolute atomic E-state index is 0.0969. The van der Waals surface area contributed by atoms with Crippen LogP contribution < -0.4 is 0 Å². The first-order valence-electron chi connectivity index (χ1n) is 5.86. The predicted molar refractivity (Wildman–Crippen MR) is 64.6 cm³/mol. The molecule has 0 bridgehead atoms. The SMILES string of the molecule is CN1CCN(C)C(C(=O)c2cc(F)cc(F)c2)C1. The molecule has 0 N–H and O–H groups in total. The zero-order chi connectivity index (χ0) is 13.3. The van der Waals surface area contributed by atoms with E-state index in [0.29, 0.717) is 6.54 Å². The number of ketones is 1. The lowest BCUT2D eigenvalue weighted by atomic mass is 10.0. The summed E-state index contributed by atoms with van der Waals surface area (Å²) in [7, 11) is 3.78. The highest BCUT2D eigenvalue weighted by Gasteiger charge is 2.29. The van der Waals surface area contributed by atoms with Gasteiger partial charge < -0.3 is 4.90 Å². The van der Waals surface area contributed by atoms with Gasteiger partial charge in [-0.3, -0.25) is 9.69 Å². The van der Waals surface area contributed by atoms with Gasteiger partial charge in [-0.1, -0.05) is 0 Å². The van der Waals surface area contributed by atoms with Crippen molar-refractivity contribution >= 4 is 5.78 Å². The Balaban J connectivity index is 2.24. The van der Waals surface area contributed by atoms with Crippen molar-refractivity contribution in [3.63, 3.8) is 0 Å². The zero-order valence-corrected chi connectivity index (χ0v) is 10.5. The van der Waals surface area contributed by atoms with E-state index in [-0.39, 0.29) is 17.4 Å². The number of rotatable bonds is 2.